The van der Waals surface area contributed by atoms with E-state index in [0.717, 1.165) is 12.2 Å². The van der Waals surface area contributed by atoms with Crippen LogP contribution in [0.1, 0.15) is 16.8 Å². The highest BCUT2D eigenvalue weighted by Gasteiger charge is 2.06. The molecule has 88 valence electrons. The van der Waals surface area contributed by atoms with Gasteiger partial charge in [0.15, 0.2) is 0 Å². The van der Waals surface area contributed by atoms with E-state index < -0.39 is 0 Å². The average Bonchev–Trinajstić information content (AvgIpc) is 2.28. The van der Waals surface area contributed by atoms with E-state index in [-0.39, 0.29) is 17.3 Å². The van der Waals surface area contributed by atoms with Crippen LogP contribution in [0.2, 0.25) is 0 Å². The predicted octanol–water partition coefficient (Wildman–Crippen LogP) is 1.46. The minimum Gasteiger partial charge on any atom is -0.506 e. The number of benzene rings is 1. The summed E-state index contributed by atoms with van der Waals surface area (Å²) in [5.74, 6) is 0.779. The van der Waals surface area contributed by atoms with Crippen LogP contribution < -0.4 is 11.1 Å². The molecule has 0 aliphatic carbocycles. The van der Waals surface area contributed by atoms with Gasteiger partial charge in [-0.25, -0.2) is 0 Å². The molecule has 0 atom stereocenters. The maximum atomic E-state index is 11.6. The van der Waals surface area contributed by atoms with Gasteiger partial charge in [-0.1, -0.05) is 0 Å². The molecule has 0 unspecified atom stereocenters. The smallest absolute Gasteiger partial charge is 0.251 e. The minimum atomic E-state index is -0.184. The van der Waals surface area contributed by atoms with Crippen LogP contribution in [0.3, 0.4) is 0 Å². The zero-order chi connectivity index (χ0) is 12.0. The summed E-state index contributed by atoms with van der Waals surface area (Å²) in [6.45, 7) is 0.644. The van der Waals surface area contributed by atoms with Crippen LogP contribution in [-0.2, 0) is 0 Å². The number of anilines is 1. The molecule has 1 rings (SSSR count). The SMILES string of the molecule is CSCCCNC(=O)c1ccc(N)c(O)c1. The number of thioether (sulfide) groups is 1. The first-order valence-corrected chi connectivity index (χ1v) is 6.40. The summed E-state index contributed by atoms with van der Waals surface area (Å²) in [6.07, 6.45) is 2.97. The third-order valence-corrected chi connectivity index (χ3v) is 2.80. The molecule has 0 fully saturated rings. The number of carbonyl (C=O) groups excluding carboxylic acids is 1. The van der Waals surface area contributed by atoms with E-state index >= 15 is 0 Å². The van der Waals surface area contributed by atoms with Gasteiger partial charge in [0, 0.05) is 12.1 Å². The van der Waals surface area contributed by atoms with Crippen molar-refractivity contribution in [2.24, 2.45) is 0 Å². The highest BCUT2D eigenvalue weighted by molar-refractivity contribution is 7.98. The van der Waals surface area contributed by atoms with Crippen molar-refractivity contribution in [2.45, 2.75) is 6.42 Å². The monoisotopic (exact) mass is 240 g/mol. The Morgan fingerprint density at radius 2 is 2.31 bits per heavy atom. The Kier molecular flexibility index (Phi) is 4.98. The molecular weight excluding hydrogens is 224 g/mol. The molecular formula is C11H16N2O2S. The number of hydrogen-bond donors (Lipinski definition) is 3. The first-order valence-electron chi connectivity index (χ1n) is 5.00. The first kappa shape index (κ1) is 12.7. The summed E-state index contributed by atoms with van der Waals surface area (Å²) in [6, 6.07) is 4.49. The molecule has 0 bridgehead atoms. The molecule has 0 radical (unpaired) electrons. The van der Waals surface area contributed by atoms with Crippen LogP contribution in [0.4, 0.5) is 5.69 Å². The zero-order valence-corrected chi connectivity index (χ0v) is 10.0. The van der Waals surface area contributed by atoms with Crippen molar-refractivity contribution >= 4 is 23.4 Å². The van der Waals surface area contributed by atoms with Crippen molar-refractivity contribution in [2.75, 3.05) is 24.3 Å². The van der Waals surface area contributed by atoms with Crippen molar-refractivity contribution in [3.8, 4) is 5.75 Å². The van der Waals surface area contributed by atoms with Crippen molar-refractivity contribution in [3.05, 3.63) is 23.8 Å². The lowest BCUT2D eigenvalue weighted by molar-refractivity contribution is 0.0953. The third-order valence-electron chi connectivity index (χ3n) is 2.10. The average molecular weight is 240 g/mol. The maximum Gasteiger partial charge on any atom is 0.251 e. The normalized spacial score (nSPS) is 10.1. The third kappa shape index (κ3) is 3.66. The van der Waals surface area contributed by atoms with Gasteiger partial charge in [0.25, 0.3) is 5.91 Å². The number of hydrogen-bond acceptors (Lipinski definition) is 4. The van der Waals surface area contributed by atoms with Crippen LogP contribution in [0, 0.1) is 0 Å². The van der Waals surface area contributed by atoms with Gasteiger partial charge in [0.2, 0.25) is 0 Å². The standard InChI is InChI=1S/C11H16N2O2S/c1-16-6-2-5-13-11(15)8-3-4-9(12)10(14)7-8/h3-4,7,14H,2,5-6,12H2,1H3,(H,13,15). The highest BCUT2D eigenvalue weighted by atomic mass is 32.2. The quantitative estimate of drug-likeness (QED) is 0.414. The van der Waals surface area contributed by atoms with Crippen LogP contribution >= 0.6 is 11.8 Å². The van der Waals surface area contributed by atoms with Crippen LogP contribution in [0.15, 0.2) is 18.2 Å². The van der Waals surface area contributed by atoms with Crippen molar-refractivity contribution in [1.82, 2.24) is 5.32 Å². The molecule has 0 aliphatic rings. The molecule has 0 saturated heterocycles. The van der Waals surface area contributed by atoms with Gasteiger partial charge in [-0.3, -0.25) is 4.79 Å². The van der Waals surface area contributed by atoms with Crippen LogP contribution in [0.25, 0.3) is 0 Å². The second-order valence-corrected chi connectivity index (χ2v) is 4.36. The lowest BCUT2D eigenvalue weighted by Crippen LogP contribution is -2.24. The summed E-state index contributed by atoms with van der Waals surface area (Å²) >= 11 is 1.75. The van der Waals surface area contributed by atoms with E-state index in [1.54, 1.807) is 17.8 Å². The van der Waals surface area contributed by atoms with Crippen LogP contribution in [0.5, 0.6) is 5.75 Å². The van der Waals surface area contributed by atoms with Crippen molar-refractivity contribution in [3.63, 3.8) is 0 Å². The molecule has 0 saturated carbocycles. The van der Waals surface area contributed by atoms with Gasteiger partial charge in [0.05, 0.1) is 5.69 Å². The molecule has 0 spiro atoms. The number of phenolic OH excluding ortho intramolecular Hbond substituents is 1. The number of rotatable bonds is 5. The van der Waals surface area contributed by atoms with E-state index in [1.165, 1.54) is 12.1 Å². The fourth-order valence-electron chi connectivity index (χ4n) is 1.21. The second-order valence-electron chi connectivity index (χ2n) is 3.38. The van der Waals surface area contributed by atoms with Gasteiger partial charge >= 0.3 is 0 Å². The molecule has 4 nitrogen and oxygen atoms in total. The van der Waals surface area contributed by atoms with E-state index in [4.69, 9.17) is 5.73 Å². The van der Waals surface area contributed by atoms with Gasteiger partial charge in [-0.15, -0.1) is 0 Å². The number of aromatic hydroxyl groups is 1. The molecule has 16 heavy (non-hydrogen) atoms. The Hall–Kier alpha value is -1.36. The Labute approximate surface area is 99.2 Å². The number of nitrogen functional groups attached to an aromatic ring is 1. The Morgan fingerprint density at radius 1 is 1.56 bits per heavy atom. The number of amides is 1. The van der Waals surface area contributed by atoms with E-state index in [1.807, 2.05) is 6.26 Å². The Balaban J connectivity index is 2.50. The summed E-state index contributed by atoms with van der Waals surface area (Å²) in [5.41, 5.74) is 6.15. The van der Waals surface area contributed by atoms with Crippen LogP contribution in [-0.4, -0.2) is 29.6 Å². The highest BCUT2D eigenvalue weighted by Crippen LogP contribution is 2.20. The molecule has 0 aromatic heterocycles. The minimum absolute atomic E-state index is 0.0586. The number of phenols is 1. The molecule has 4 N–H and O–H groups in total. The van der Waals surface area contributed by atoms with Crippen molar-refractivity contribution < 1.29 is 9.90 Å². The molecule has 1 amide bonds. The largest absolute Gasteiger partial charge is 0.506 e. The number of carbonyl (C=O) groups is 1. The molecule has 0 aliphatic heterocycles. The van der Waals surface area contributed by atoms with Gasteiger partial charge < -0.3 is 16.2 Å². The molecule has 0 heterocycles. The Bertz CT molecular complexity index is 369. The number of nitrogens with one attached hydrogen (secondary N) is 1. The lowest BCUT2D eigenvalue weighted by Gasteiger charge is -2.05. The lowest BCUT2D eigenvalue weighted by atomic mass is 10.2. The fraction of sp³-hybridized carbons (Fsp3) is 0.364. The summed E-state index contributed by atoms with van der Waals surface area (Å²) < 4.78 is 0. The summed E-state index contributed by atoms with van der Waals surface area (Å²) in [5, 5.41) is 12.1. The van der Waals surface area contributed by atoms with E-state index in [0.29, 0.717) is 12.1 Å². The van der Waals surface area contributed by atoms with Gasteiger partial charge in [0.1, 0.15) is 5.75 Å². The fourth-order valence-corrected chi connectivity index (χ4v) is 1.64. The topological polar surface area (TPSA) is 75.4 Å². The molecule has 1 aromatic rings. The predicted molar refractivity (Wildman–Crippen MR) is 67.9 cm³/mol. The summed E-state index contributed by atoms with van der Waals surface area (Å²) in [7, 11) is 0. The van der Waals surface area contributed by atoms with Gasteiger partial charge in [-0.05, 0) is 36.6 Å². The van der Waals surface area contributed by atoms with E-state index in [9.17, 15) is 9.90 Å². The van der Waals surface area contributed by atoms with Gasteiger partial charge in [-0.2, -0.15) is 11.8 Å². The number of nitrogens with two attached hydrogens (primary N) is 1. The Morgan fingerprint density at radius 3 is 2.94 bits per heavy atom. The molecule has 5 heteroatoms. The van der Waals surface area contributed by atoms with Crippen molar-refractivity contribution in [1.29, 1.82) is 0 Å². The zero-order valence-electron chi connectivity index (χ0n) is 9.19. The molecule has 1 aromatic carbocycles. The second kappa shape index (κ2) is 6.27. The maximum absolute atomic E-state index is 11.6. The summed E-state index contributed by atoms with van der Waals surface area (Å²) in [4.78, 5) is 11.6. The van der Waals surface area contributed by atoms with E-state index in [2.05, 4.69) is 5.32 Å². The first-order chi connectivity index (χ1) is 7.65.